The van der Waals surface area contributed by atoms with Gasteiger partial charge in [-0.1, -0.05) is 25.1 Å². The topological polar surface area (TPSA) is 15.3 Å². The van der Waals surface area contributed by atoms with E-state index in [0.717, 1.165) is 6.42 Å². The van der Waals surface area contributed by atoms with Crippen LogP contribution >= 0.6 is 0 Å². The number of hydrogen-bond acceptors (Lipinski definition) is 2. The normalized spacial score (nSPS) is 25.0. The van der Waals surface area contributed by atoms with Gasteiger partial charge < -0.3 is 10.2 Å². The van der Waals surface area contributed by atoms with Gasteiger partial charge in [-0.3, -0.25) is 0 Å². The smallest absolute Gasteiger partial charge is 0.0401 e. The highest BCUT2D eigenvalue weighted by Gasteiger charge is 2.25. The molecule has 1 N–H and O–H groups in total. The Labute approximate surface area is 105 Å². The summed E-state index contributed by atoms with van der Waals surface area (Å²) in [6.07, 6.45) is 3.61. The van der Waals surface area contributed by atoms with Crippen LogP contribution in [0.2, 0.25) is 0 Å². The minimum Gasteiger partial charge on any atom is -0.368 e. The summed E-state index contributed by atoms with van der Waals surface area (Å²) in [5.41, 5.74) is 2.92. The van der Waals surface area contributed by atoms with Crippen molar-refractivity contribution in [2.24, 2.45) is 0 Å². The van der Waals surface area contributed by atoms with Gasteiger partial charge in [0, 0.05) is 24.3 Å². The Hall–Kier alpha value is -1.02. The van der Waals surface area contributed by atoms with Gasteiger partial charge in [0.15, 0.2) is 0 Å². The molecule has 2 atom stereocenters. The van der Waals surface area contributed by atoms with Gasteiger partial charge in [-0.2, -0.15) is 0 Å². The first kappa shape index (κ1) is 12.4. The maximum atomic E-state index is 3.41. The fraction of sp³-hybridized carbons (Fsp3) is 0.600. The number of anilines is 1. The Balaban J connectivity index is 2.17. The molecule has 2 rings (SSSR count). The van der Waals surface area contributed by atoms with E-state index in [1.165, 1.54) is 30.6 Å². The summed E-state index contributed by atoms with van der Waals surface area (Å²) in [6, 6.07) is 10.2. The fourth-order valence-electron chi connectivity index (χ4n) is 2.88. The van der Waals surface area contributed by atoms with E-state index in [2.05, 4.69) is 55.4 Å². The van der Waals surface area contributed by atoms with E-state index in [0.29, 0.717) is 12.1 Å². The van der Waals surface area contributed by atoms with E-state index >= 15 is 0 Å². The quantitative estimate of drug-likeness (QED) is 0.862. The SMILES string of the molecule is CCc1ccccc1N1CCC(NC)CC1C. The van der Waals surface area contributed by atoms with Crippen molar-refractivity contribution >= 4 is 5.69 Å². The minimum absolute atomic E-state index is 0.633. The molecular weight excluding hydrogens is 208 g/mol. The second kappa shape index (κ2) is 5.54. The van der Waals surface area contributed by atoms with Gasteiger partial charge >= 0.3 is 0 Å². The molecule has 2 unspecified atom stereocenters. The molecule has 1 saturated heterocycles. The summed E-state index contributed by atoms with van der Waals surface area (Å²) in [4.78, 5) is 2.58. The van der Waals surface area contributed by atoms with Crippen LogP contribution in [0.5, 0.6) is 0 Å². The van der Waals surface area contributed by atoms with E-state index in [1.54, 1.807) is 0 Å². The highest BCUT2D eigenvalue weighted by atomic mass is 15.2. The zero-order chi connectivity index (χ0) is 12.3. The standard InChI is InChI=1S/C15H24N2/c1-4-13-7-5-6-8-15(13)17-10-9-14(16-3)11-12(17)2/h5-8,12,14,16H,4,9-11H2,1-3H3. The molecule has 17 heavy (non-hydrogen) atoms. The van der Waals surface area contributed by atoms with Gasteiger partial charge in [0.2, 0.25) is 0 Å². The number of para-hydroxylation sites is 1. The van der Waals surface area contributed by atoms with E-state index in [9.17, 15) is 0 Å². The van der Waals surface area contributed by atoms with Gasteiger partial charge in [-0.25, -0.2) is 0 Å². The van der Waals surface area contributed by atoms with Gasteiger partial charge in [0.1, 0.15) is 0 Å². The van der Waals surface area contributed by atoms with Crippen molar-refractivity contribution in [1.29, 1.82) is 0 Å². The first-order chi connectivity index (χ1) is 8.26. The second-order valence-corrected chi connectivity index (χ2v) is 5.03. The van der Waals surface area contributed by atoms with Crippen molar-refractivity contribution in [3.05, 3.63) is 29.8 Å². The van der Waals surface area contributed by atoms with E-state index < -0.39 is 0 Å². The van der Waals surface area contributed by atoms with Crippen LogP contribution in [0.25, 0.3) is 0 Å². The minimum atomic E-state index is 0.633. The molecular formula is C15H24N2. The summed E-state index contributed by atoms with van der Waals surface area (Å²) < 4.78 is 0. The summed E-state index contributed by atoms with van der Waals surface area (Å²) in [5.74, 6) is 0. The van der Waals surface area contributed by atoms with Crippen LogP contribution in [-0.4, -0.2) is 25.7 Å². The summed E-state index contributed by atoms with van der Waals surface area (Å²) in [6.45, 7) is 5.75. The molecule has 0 aliphatic carbocycles. The van der Waals surface area contributed by atoms with Crippen molar-refractivity contribution in [2.75, 3.05) is 18.5 Å². The first-order valence-corrected chi connectivity index (χ1v) is 6.78. The van der Waals surface area contributed by atoms with E-state index in [-0.39, 0.29) is 0 Å². The van der Waals surface area contributed by atoms with Gasteiger partial charge in [0.05, 0.1) is 0 Å². The van der Waals surface area contributed by atoms with Crippen molar-refractivity contribution in [1.82, 2.24) is 5.32 Å². The maximum Gasteiger partial charge on any atom is 0.0401 e. The molecule has 1 fully saturated rings. The predicted octanol–water partition coefficient (Wildman–Crippen LogP) is 2.83. The zero-order valence-electron chi connectivity index (χ0n) is 11.2. The number of nitrogens with one attached hydrogen (secondary N) is 1. The molecule has 0 saturated carbocycles. The number of nitrogens with zero attached hydrogens (tertiary/aromatic N) is 1. The second-order valence-electron chi connectivity index (χ2n) is 5.03. The van der Waals surface area contributed by atoms with Gasteiger partial charge in [-0.05, 0) is 44.9 Å². The Morgan fingerprint density at radius 1 is 1.35 bits per heavy atom. The lowest BCUT2D eigenvalue weighted by atomic mass is 9.96. The average molecular weight is 232 g/mol. The van der Waals surface area contributed by atoms with E-state index in [4.69, 9.17) is 0 Å². The molecule has 0 bridgehead atoms. The van der Waals surface area contributed by atoms with Gasteiger partial charge in [-0.15, -0.1) is 0 Å². The molecule has 1 aliphatic rings. The third-order valence-electron chi connectivity index (χ3n) is 3.97. The number of rotatable bonds is 3. The Kier molecular flexibility index (Phi) is 4.06. The average Bonchev–Trinajstić information content (AvgIpc) is 2.38. The lowest BCUT2D eigenvalue weighted by molar-refractivity contribution is 0.386. The summed E-state index contributed by atoms with van der Waals surface area (Å²) in [5, 5.41) is 3.41. The fourth-order valence-corrected chi connectivity index (χ4v) is 2.88. The first-order valence-electron chi connectivity index (χ1n) is 6.78. The lowest BCUT2D eigenvalue weighted by Crippen LogP contribution is -2.47. The Morgan fingerprint density at radius 3 is 2.76 bits per heavy atom. The molecule has 2 heteroatoms. The van der Waals surface area contributed by atoms with Crippen molar-refractivity contribution in [3.8, 4) is 0 Å². The molecule has 0 aromatic heterocycles. The highest BCUT2D eigenvalue weighted by molar-refractivity contribution is 5.54. The highest BCUT2D eigenvalue weighted by Crippen LogP contribution is 2.28. The largest absolute Gasteiger partial charge is 0.368 e. The molecule has 94 valence electrons. The third kappa shape index (κ3) is 2.63. The lowest BCUT2D eigenvalue weighted by Gasteiger charge is -2.40. The molecule has 1 heterocycles. The van der Waals surface area contributed by atoms with Crippen LogP contribution in [0.3, 0.4) is 0 Å². The van der Waals surface area contributed by atoms with Crippen LogP contribution in [0, 0.1) is 0 Å². The van der Waals surface area contributed by atoms with Crippen LogP contribution in [-0.2, 0) is 6.42 Å². The van der Waals surface area contributed by atoms with Crippen molar-refractivity contribution in [3.63, 3.8) is 0 Å². The Bertz CT molecular complexity index is 362. The Morgan fingerprint density at radius 2 is 2.12 bits per heavy atom. The van der Waals surface area contributed by atoms with Crippen LogP contribution in [0.1, 0.15) is 32.3 Å². The molecule has 1 aromatic rings. The van der Waals surface area contributed by atoms with Crippen molar-refractivity contribution in [2.45, 2.75) is 45.2 Å². The monoisotopic (exact) mass is 232 g/mol. The molecule has 0 spiro atoms. The van der Waals surface area contributed by atoms with E-state index in [1.807, 2.05) is 0 Å². The maximum absolute atomic E-state index is 3.41. The third-order valence-corrected chi connectivity index (χ3v) is 3.97. The number of benzene rings is 1. The molecule has 1 aliphatic heterocycles. The number of hydrogen-bond donors (Lipinski definition) is 1. The van der Waals surface area contributed by atoms with Crippen LogP contribution in [0.15, 0.2) is 24.3 Å². The van der Waals surface area contributed by atoms with Crippen LogP contribution < -0.4 is 10.2 Å². The van der Waals surface area contributed by atoms with Crippen molar-refractivity contribution < 1.29 is 0 Å². The van der Waals surface area contributed by atoms with Crippen LogP contribution in [0.4, 0.5) is 5.69 Å². The molecule has 1 aromatic carbocycles. The number of aryl methyl sites for hydroxylation is 1. The predicted molar refractivity (Wildman–Crippen MR) is 74.7 cm³/mol. The molecule has 0 amide bonds. The summed E-state index contributed by atoms with van der Waals surface area (Å²) >= 11 is 0. The number of piperidine rings is 1. The molecule has 0 radical (unpaired) electrons. The van der Waals surface area contributed by atoms with Gasteiger partial charge in [0.25, 0.3) is 0 Å². The summed E-state index contributed by atoms with van der Waals surface area (Å²) in [7, 11) is 2.08. The molecule has 2 nitrogen and oxygen atoms in total. The zero-order valence-corrected chi connectivity index (χ0v) is 11.2.